The summed E-state index contributed by atoms with van der Waals surface area (Å²) in [6, 6.07) is 23.9. The first kappa shape index (κ1) is 17.4. The molecule has 4 rings (SSSR count). The van der Waals surface area contributed by atoms with E-state index < -0.39 is 5.97 Å². The summed E-state index contributed by atoms with van der Waals surface area (Å²) in [6.07, 6.45) is 1.33. The minimum atomic E-state index is -1.01. The van der Waals surface area contributed by atoms with E-state index in [1.54, 1.807) is 24.3 Å². The zero-order chi connectivity index (χ0) is 19.5. The summed E-state index contributed by atoms with van der Waals surface area (Å²) in [5.74, 6) is -1.19. The van der Waals surface area contributed by atoms with E-state index in [2.05, 4.69) is 10.3 Å². The highest BCUT2D eigenvalue weighted by Gasteiger charge is 2.08. The Balaban J connectivity index is 1.50. The number of carbonyl (C=O) groups is 2. The van der Waals surface area contributed by atoms with Crippen molar-refractivity contribution in [1.29, 1.82) is 0 Å². The first-order valence-corrected chi connectivity index (χ1v) is 8.70. The molecule has 0 bridgehead atoms. The number of hydrogen-bond acceptors (Lipinski definition) is 3. The molecule has 0 atom stereocenters. The maximum atomic E-state index is 12.5. The number of carbonyl (C=O) groups excluding carboxylic acids is 1. The minimum absolute atomic E-state index is 0.142. The molecule has 28 heavy (non-hydrogen) atoms. The van der Waals surface area contributed by atoms with E-state index in [-0.39, 0.29) is 11.5 Å². The molecule has 3 aromatic carbocycles. The monoisotopic (exact) mass is 368 g/mol. The van der Waals surface area contributed by atoms with Crippen LogP contribution in [0.1, 0.15) is 20.7 Å². The minimum Gasteiger partial charge on any atom is -0.478 e. The number of pyridine rings is 1. The topological polar surface area (TPSA) is 79.3 Å². The van der Waals surface area contributed by atoms with Gasteiger partial charge in [-0.2, -0.15) is 0 Å². The Bertz CT molecular complexity index is 1170. The predicted molar refractivity (Wildman–Crippen MR) is 109 cm³/mol. The van der Waals surface area contributed by atoms with E-state index in [4.69, 9.17) is 5.11 Å². The molecule has 0 aliphatic heterocycles. The van der Waals surface area contributed by atoms with Crippen molar-refractivity contribution in [2.75, 3.05) is 5.32 Å². The van der Waals surface area contributed by atoms with Gasteiger partial charge in [-0.15, -0.1) is 0 Å². The van der Waals surface area contributed by atoms with Crippen molar-refractivity contribution < 1.29 is 14.7 Å². The molecule has 136 valence electrons. The number of hydrogen-bond donors (Lipinski definition) is 2. The van der Waals surface area contributed by atoms with Crippen LogP contribution in [0, 0.1) is 0 Å². The normalized spacial score (nSPS) is 10.6. The van der Waals surface area contributed by atoms with Crippen LogP contribution in [0.2, 0.25) is 0 Å². The molecule has 0 saturated heterocycles. The number of aromatic carboxylic acids is 1. The van der Waals surface area contributed by atoms with Gasteiger partial charge in [0.05, 0.1) is 11.3 Å². The van der Waals surface area contributed by atoms with E-state index in [9.17, 15) is 9.59 Å². The van der Waals surface area contributed by atoms with Crippen molar-refractivity contribution in [2.45, 2.75) is 0 Å². The standard InChI is InChI=1S/C23H16N2O3/c26-22(18-6-5-15-3-1-2-4-17(15)13-18)25-20-10-7-16(8-11-20)21-12-9-19(14-24-21)23(27)28/h1-14H,(H,25,26)(H,27,28). The van der Waals surface area contributed by atoms with E-state index >= 15 is 0 Å². The van der Waals surface area contributed by atoms with Gasteiger partial charge in [0.2, 0.25) is 0 Å². The lowest BCUT2D eigenvalue weighted by Crippen LogP contribution is -2.11. The van der Waals surface area contributed by atoms with Gasteiger partial charge in [-0.25, -0.2) is 4.79 Å². The zero-order valence-corrected chi connectivity index (χ0v) is 14.8. The van der Waals surface area contributed by atoms with E-state index in [0.717, 1.165) is 16.3 Å². The Labute approximate surface area is 161 Å². The average Bonchev–Trinajstić information content (AvgIpc) is 2.74. The van der Waals surface area contributed by atoms with Crippen LogP contribution in [0.25, 0.3) is 22.0 Å². The van der Waals surface area contributed by atoms with Gasteiger partial charge in [0.15, 0.2) is 0 Å². The molecular formula is C23H16N2O3. The van der Waals surface area contributed by atoms with Gasteiger partial charge in [-0.05, 0) is 47.2 Å². The van der Waals surface area contributed by atoms with E-state index in [1.165, 1.54) is 12.3 Å². The molecule has 0 saturated carbocycles. The molecule has 1 amide bonds. The number of fused-ring (bicyclic) bond motifs is 1. The van der Waals surface area contributed by atoms with Crippen molar-refractivity contribution in [3.8, 4) is 11.3 Å². The molecule has 5 nitrogen and oxygen atoms in total. The highest BCUT2D eigenvalue weighted by atomic mass is 16.4. The van der Waals surface area contributed by atoms with Crippen molar-refractivity contribution in [2.24, 2.45) is 0 Å². The van der Waals surface area contributed by atoms with Gasteiger partial charge in [0.25, 0.3) is 5.91 Å². The van der Waals surface area contributed by atoms with Crippen molar-refractivity contribution in [3.63, 3.8) is 0 Å². The van der Waals surface area contributed by atoms with Gasteiger partial charge in [-0.1, -0.05) is 42.5 Å². The summed E-state index contributed by atoms with van der Waals surface area (Å²) in [6.45, 7) is 0. The van der Waals surface area contributed by atoms with Gasteiger partial charge >= 0.3 is 5.97 Å². The molecule has 4 aromatic rings. The fraction of sp³-hybridized carbons (Fsp3) is 0. The molecule has 0 spiro atoms. The molecule has 0 unspecified atom stereocenters. The number of rotatable bonds is 4. The quantitative estimate of drug-likeness (QED) is 0.539. The highest BCUT2D eigenvalue weighted by molar-refractivity contribution is 6.06. The third-order valence-corrected chi connectivity index (χ3v) is 4.46. The number of anilines is 1. The highest BCUT2D eigenvalue weighted by Crippen LogP contribution is 2.21. The Morgan fingerprint density at radius 1 is 0.786 bits per heavy atom. The molecule has 2 N–H and O–H groups in total. The third-order valence-electron chi connectivity index (χ3n) is 4.46. The fourth-order valence-corrected chi connectivity index (χ4v) is 2.95. The van der Waals surface area contributed by atoms with Crippen molar-refractivity contribution in [1.82, 2.24) is 4.98 Å². The summed E-state index contributed by atoms with van der Waals surface area (Å²) in [4.78, 5) is 27.6. The second-order valence-electron chi connectivity index (χ2n) is 6.33. The maximum Gasteiger partial charge on any atom is 0.337 e. The second kappa shape index (κ2) is 7.32. The number of carboxylic acids is 1. The Kier molecular flexibility index (Phi) is 4.56. The number of nitrogens with one attached hydrogen (secondary N) is 1. The largest absolute Gasteiger partial charge is 0.478 e. The Morgan fingerprint density at radius 2 is 1.50 bits per heavy atom. The zero-order valence-electron chi connectivity index (χ0n) is 14.8. The van der Waals surface area contributed by atoms with Crippen LogP contribution in [0.15, 0.2) is 85.1 Å². The molecule has 1 heterocycles. The van der Waals surface area contributed by atoms with Crippen LogP contribution in [-0.4, -0.2) is 22.0 Å². The van der Waals surface area contributed by atoms with Gasteiger partial charge in [-0.3, -0.25) is 9.78 Å². The summed E-state index contributed by atoms with van der Waals surface area (Å²) in [5.41, 5.74) is 2.90. The molecular weight excluding hydrogens is 352 g/mol. The number of nitrogens with zero attached hydrogens (tertiary/aromatic N) is 1. The maximum absolute atomic E-state index is 12.5. The molecule has 0 fully saturated rings. The lowest BCUT2D eigenvalue weighted by atomic mass is 10.1. The van der Waals surface area contributed by atoms with Crippen LogP contribution in [0.5, 0.6) is 0 Å². The van der Waals surface area contributed by atoms with Crippen molar-refractivity contribution in [3.05, 3.63) is 96.2 Å². The lowest BCUT2D eigenvalue weighted by molar-refractivity contribution is 0.0696. The third kappa shape index (κ3) is 3.59. The Hall–Kier alpha value is -3.99. The summed E-state index contributed by atoms with van der Waals surface area (Å²) >= 11 is 0. The van der Waals surface area contributed by atoms with Crippen LogP contribution in [0.4, 0.5) is 5.69 Å². The number of aromatic nitrogens is 1. The smallest absolute Gasteiger partial charge is 0.337 e. The Morgan fingerprint density at radius 3 is 2.18 bits per heavy atom. The molecule has 0 aliphatic rings. The van der Waals surface area contributed by atoms with Crippen LogP contribution in [-0.2, 0) is 0 Å². The van der Waals surface area contributed by atoms with Gasteiger partial charge < -0.3 is 10.4 Å². The van der Waals surface area contributed by atoms with E-state index in [0.29, 0.717) is 16.9 Å². The van der Waals surface area contributed by atoms with Gasteiger partial charge in [0, 0.05) is 23.0 Å². The lowest BCUT2D eigenvalue weighted by Gasteiger charge is -2.08. The SMILES string of the molecule is O=C(O)c1ccc(-c2ccc(NC(=O)c3ccc4ccccc4c3)cc2)nc1. The fourth-order valence-electron chi connectivity index (χ4n) is 2.95. The average molecular weight is 368 g/mol. The van der Waals surface area contributed by atoms with Crippen LogP contribution >= 0.6 is 0 Å². The van der Waals surface area contributed by atoms with Gasteiger partial charge in [0.1, 0.15) is 0 Å². The number of carboxylic acid groups (broad SMARTS) is 1. The second-order valence-corrected chi connectivity index (χ2v) is 6.33. The summed E-state index contributed by atoms with van der Waals surface area (Å²) < 4.78 is 0. The number of amides is 1. The van der Waals surface area contributed by atoms with E-state index in [1.807, 2.05) is 48.5 Å². The first-order valence-electron chi connectivity index (χ1n) is 8.70. The van der Waals surface area contributed by atoms with Crippen LogP contribution < -0.4 is 5.32 Å². The summed E-state index contributed by atoms with van der Waals surface area (Å²) in [5, 5.41) is 13.9. The predicted octanol–water partition coefficient (Wildman–Crippen LogP) is 4.85. The molecule has 5 heteroatoms. The first-order chi connectivity index (χ1) is 13.6. The van der Waals surface area contributed by atoms with Crippen molar-refractivity contribution >= 4 is 28.3 Å². The molecule has 0 aliphatic carbocycles. The number of benzene rings is 3. The van der Waals surface area contributed by atoms with Crippen LogP contribution in [0.3, 0.4) is 0 Å². The molecule has 0 radical (unpaired) electrons. The molecule has 1 aromatic heterocycles. The summed E-state index contributed by atoms with van der Waals surface area (Å²) in [7, 11) is 0.